The van der Waals surface area contributed by atoms with E-state index >= 15 is 0 Å². The Balaban J connectivity index is 1.68. The van der Waals surface area contributed by atoms with Gasteiger partial charge in [-0.05, 0) is 48.0 Å². The summed E-state index contributed by atoms with van der Waals surface area (Å²) in [6.45, 7) is 0. The van der Waals surface area contributed by atoms with Crippen molar-refractivity contribution in [3.8, 4) is 11.4 Å². The first-order valence-electron chi connectivity index (χ1n) is 9.69. The van der Waals surface area contributed by atoms with Gasteiger partial charge in [0.15, 0.2) is 5.16 Å². The van der Waals surface area contributed by atoms with E-state index in [2.05, 4.69) is 4.98 Å². The number of benzene rings is 3. The van der Waals surface area contributed by atoms with Gasteiger partial charge >= 0.3 is 0 Å². The number of aromatic nitrogens is 3. The largest absolute Gasteiger partial charge is 0.497 e. The summed E-state index contributed by atoms with van der Waals surface area (Å²) in [6, 6.07) is 21.4. The van der Waals surface area contributed by atoms with Gasteiger partial charge in [0.05, 0.1) is 12.8 Å². The normalized spacial score (nSPS) is 11.3. The minimum Gasteiger partial charge on any atom is -0.497 e. The second-order valence-corrected chi connectivity index (χ2v) is 7.98. The highest BCUT2D eigenvalue weighted by Gasteiger charge is 2.17. The molecule has 154 valence electrons. The average Bonchev–Trinajstić information content (AvgIpc) is 3.18. The van der Waals surface area contributed by atoms with Crippen LogP contribution in [-0.4, -0.2) is 21.6 Å². The number of nitrogens with zero attached hydrogens (tertiary/aromatic N) is 2. The molecule has 0 atom stereocenters. The first-order chi connectivity index (χ1) is 15.1. The van der Waals surface area contributed by atoms with Crippen molar-refractivity contribution >= 4 is 33.7 Å². The van der Waals surface area contributed by atoms with Gasteiger partial charge in [-0.2, -0.15) is 0 Å². The molecule has 0 aliphatic heterocycles. The van der Waals surface area contributed by atoms with E-state index < -0.39 is 0 Å². The molecule has 5 nitrogen and oxygen atoms in total. The first kappa shape index (κ1) is 19.4. The fraction of sp³-hybridized carbons (Fsp3) is 0.0833. The number of methoxy groups -OCH3 is 1. The second kappa shape index (κ2) is 7.92. The molecule has 0 saturated heterocycles. The van der Waals surface area contributed by atoms with Gasteiger partial charge in [0.25, 0.3) is 5.56 Å². The molecule has 2 heterocycles. The number of ether oxygens (including phenoxy) is 1. The lowest BCUT2D eigenvalue weighted by Gasteiger charge is -2.13. The minimum absolute atomic E-state index is 0.173. The maximum Gasteiger partial charge on any atom is 0.283 e. The SMILES string of the molecule is COc1ccc(-n2c(SCc3ccc(F)cc3)nc3c([nH]c4ccccc43)c2=O)cc1. The summed E-state index contributed by atoms with van der Waals surface area (Å²) in [7, 11) is 1.60. The molecule has 31 heavy (non-hydrogen) atoms. The number of halogens is 1. The number of aromatic amines is 1. The van der Waals surface area contributed by atoms with E-state index in [1.165, 1.54) is 23.9 Å². The van der Waals surface area contributed by atoms with Crippen molar-refractivity contribution in [2.75, 3.05) is 7.11 Å². The third kappa shape index (κ3) is 3.57. The number of thioether (sulfide) groups is 1. The Morgan fingerprint density at radius 1 is 1.03 bits per heavy atom. The summed E-state index contributed by atoms with van der Waals surface area (Å²) >= 11 is 1.44. The molecular formula is C24H18FN3O2S. The third-order valence-electron chi connectivity index (χ3n) is 5.11. The number of para-hydroxylation sites is 1. The Labute approximate surface area is 181 Å². The number of H-pyrrole nitrogens is 1. The Morgan fingerprint density at radius 2 is 1.77 bits per heavy atom. The maximum atomic E-state index is 13.5. The highest BCUT2D eigenvalue weighted by atomic mass is 32.2. The standard InChI is InChI=1S/C24H18FN3O2S/c1-30-18-12-10-17(11-13-18)28-23(29)22-21(19-4-2-3-5-20(19)26-22)27-24(28)31-14-15-6-8-16(25)9-7-15/h2-13,26H,14H2,1H3. The summed E-state index contributed by atoms with van der Waals surface area (Å²) in [5, 5.41) is 1.47. The molecule has 5 rings (SSSR count). The number of hydrogen-bond donors (Lipinski definition) is 1. The summed E-state index contributed by atoms with van der Waals surface area (Å²) in [6.07, 6.45) is 0. The zero-order valence-corrected chi connectivity index (χ0v) is 17.4. The molecule has 0 radical (unpaired) electrons. The van der Waals surface area contributed by atoms with E-state index in [1.54, 1.807) is 23.8 Å². The summed E-state index contributed by atoms with van der Waals surface area (Å²) < 4.78 is 20.1. The van der Waals surface area contributed by atoms with Crippen LogP contribution < -0.4 is 10.3 Å². The third-order valence-corrected chi connectivity index (χ3v) is 6.12. The lowest BCUT2D eigenvalue weighted by molar-refractivity contribution is 0.414. The van der Waals surface area contributed by atoms with Crippen LogP contribution >= 0.6 is 11.8 Å². The van der Waals surface area contributed by atoms with E-state index in [9.17, 15) is 9.18 Å². The van der Waals surface area contributed by atoms with Crippen LogP contribution in [0.4, 0.5) is 4.39 Å². The van der Waals surface area contributed by atoms with E-state index in [0.717, 1.165) is 16.5 Å². The quantitative estimate of drug-likeness (QED) is 0.303. The van der Waals surface area contributed by atoms with Crippen LogP contribution in [0.1, 0.15) is 5.56 Å². The van der Waals surface area contributed by atoms with Gasteiger partial charge in [0.1, 0.15) is 22.6 Å². The smallest absolute Gasteiger partial charge is 0.283 e. The number of fused-ring (bicyclic) bond motifs is 3. The highest BCUT2D eigenvalue weighted by Crippen LogP contribution is 2.28. The zero-order valence-electron chi connectivity index (χ0n) is 16.6. The van der Waals surface area contributed by atoms with Crippen LogP contribution in [0.3, 0.4) is 0 Å². The zero-order chi connectivity index (χ0) is 21.4. The van der Waals surface area contributed by atoms with E-state index in [4.69, 9.17) is 9.72 Å². The van der Waals surface area contributed by atoms with E-state index in [1.807, 2.05) is 48.5 Å². The van der Waals surface area contributed by atoms with Crippen molar-refractivity contribution in [1.82, 2.24) is 14.5 Å². The van der Waals surface area contributed by atoms with Crippen molar-refractivity contribution in [2.45, 2.75) is 10.9 Å². The minimum atomic E-state index is -0.276. The Bertz CT molecular complexity index is 1440. The molecular weight excluding hydrogens is 413 g/mol. The second-order valence-electron chi connectivity index (χ2n) is 7.04. The fourth-order valence-electron chi connectivity index (χ4n) is 3.53. The molecule has 5 aromatic rings. The van der Waals surface area contributed by atoms with Gasteiger partial charge in [0, 0.05) is 16.7 Å². The number of rotatable bonds is 5. The molecule has 7 heteroatoms. The topological polar surface area (TPSA) is 59.9 Å². The van der Waals surface area contributed by atoms with Crippen LogP contribution in [0.2, 0.25) is 0 Å². The van der Waals surface area contributed by atoms with Gasteiger partial charge in [0.2, 0.25) is 0 Å². The summed E-state index contributed by atoms with van der Waals surface area (Å²) in [4.78, 5) is 21.6. The van der Waals surface area contributed by atoms with Crippen LogP contribution in [0.15, 0.2) is 82.7 Å². The van der Waals surface area contributed by atoms with Crippen molar-refractivity contribution in [3.05, 3.63) is 94.5 Å². The van der Waals surface area contributed by atoms with Crippen LogP contribution in [0, 0.1) is 5.82 Å². The Morgan fingerprint density at radius 3 is 2.52 bits per heavy atom. The fourth-order valence-corrected chi connectivity index (χ4v) is 4.49. The van der Waals surface area contributed by atoms with Crippen molar-refractivity contribution < 1.29 is 9.13 Å². The maximum absolute atomic E-state index is 13.5. The highest BCUT2D eigenvalue weighted by molar-refractivity contribution is 7.98. The molecule has 0 unspecified atom stereocenters. The monoisotopic (exact) mass is 431 g/mol. The molecule has 0 amide bonds. The lowest BCUT2D eigenvalue weighted by atomic mass is 10.2. The predicted molar refractivity (Wildman–Crippen MR) is 122 cm³/mol. The van der Waals surface area contributed by atoms with Gasteiger partial charge in [-0.25, -0.2) is 9.37 Å². The van der Waals surface area contributed by atoms with Crippen molar-refractivity contribution in [1.29, 1.82) is 0 Å². The molecule has 0 spiro atoms. The van der Waals surface area contributed by atoms with Gasteiger partial charge in [-0.15, -0.1) is 0 Å². The predicted octanol–water partition coefficient (Wildman–Crippen LogP) is 5.31. The van der Waals surface area contributed by atoms with Gasteiger partial charge in [-0.1, -0.05) is 42.1 Å². The van der Waals surface area contributed by atoms with Crippen molar-refractivity contribution in [3.63, 3.8) is 0 Å². The molecule has 1 N–H and O–H groups in total. The lowest BCUT2D eigenvalue weighted by Crippen LogP contribution is -2.21. The molecule has 0 fully saturated rings. The van der Waals surface area contributed by atoms with Gasteiger partial charge < -0.3 is 9.72 Å². The van der Waals surface area contributed by atoms with E-state index in [0.29, 0.717) is 33.4 Å². The Hall–Kier alpha value is -3.58. The average molecular weight is 431 g/mol. The molecule has 2 aromatic heterocycles. The summed E-state index contributed by atoms with van der Waals surface area (Å²) in [5.41, 5.74) is 3.44. The Kier molecular flexibility index (Phi) is 4.95. The van der Waals surface area contributed by atoms with Gasteiger partial charge in [-0.3, -0.25) is 9.36 Å². The molecule has 0 aliphatic carbocycles. The number of nitrogens with one attached hydrogen (secondary N) is 1. The molecule has 3 aromatic carbocycles. The van der Waals surface area contributed by atoms with Crippen LogP contribution in [0.5, 0.6) is 5.75 Å². The van der Waals surface area contributed by atoms with Crippen LogP contribution in [0.25, 0.3) is 27.6 Å². The first-order valence-corrected chi connectivity index (χ1v) is 10.7. The van der Waals surface area contributed by atoms with Crippen LogP contribution in [-0.2, 0) is 5.75 Å². The number of hydrogen-bond acceptors (Lipinski definition) is 4. The molecule has 0 bridgehead atoms. The molecule has 0 saturated carbocycles. The van der Waals surface area contributed by atoms with Crippen molar-refractivity contribution in [2.24, 2.45) is 0 Å². The molecule has 0 aliphatic rings. The van der Waals surface area contributed by atoms with E-state index in [-0.39, 0.29) is 11.4 Å². The summed E-state index contributed by atoms with van der Waals surface area (Å²) in [5.74, 6) is 0.982.